The van der Waals surface area contributed by atoms with Crippen molar-refractivity contribution in [3.05, 3.63) is 157 Å². The summed E-state index contributed by atoms with van der Waals surface area (Å²) in [6, 6.07) is 47.2. The summed E-state index contributed by atoms with van der Waals surface area (Å²) in [5.74, 6) is 1.34. The van der Waals surface area contributed by atoms with Crippen LogP contribution in [0.2, 0.25) is 0 Å². The SMILES string of the molecule is FC(F)(F)c1ccc2c(c1)c1ccc(-c3cccc4c3nc(-c3cccc5c3[n-]c3ccccc35)n4-c3ccccc3)[c-]c1n2-c1ccccn1.[Pt+2]. The minimum Gasteiger partial charge on any atom is -0.656 e. The maximum absolute atomic E-state index is 13.9. The molecule has 0 aliphatic rings. The number of benzene rings is 6. The second-order valence-electron chi connectivity index (χ2n) is 12.5. The maximum Gasteiger partial charge on any atom is 2.00 e. The molecule has 52 heavy (non-hydrogen) atoms. The van der Waals surface area contributed by atoms with E-state index >= 15 is 0 Å². The Morgan fingerprint density at radius 2 is 1.38 bits per heavy atom. The van der Waals surface area contributed by atoms with Gasteiger partial charge in [0.2, 0.25) is 0 Å². The van der Waals surface area contributed by atoms with Crippen molar-refractivity contribution in [1.82, 2.24) is 24.1 Å². The largest absolute Gasteiger partial charge is 2.00 e. The van der Waals surface area contributed by atoms with E-state index < -0.39 is 11.7 Å². The van der Waals surface area contributed by atoms with Gasteiger partial charge in [-0.05, 0) is 70.2 Å². The number of hydrogen-bond donors (Lipinski definition) is 0. The van der Waals surface area contributed by atoms with Crippen LogP contribution < -0.4 is 4.98 Å². The average molecular weight is 863 g/mol. The van der Waals surface area contributed by atoms with E-state index in [0.717, 1.165) is 67.1 Å². The molecule has 10 rings (SSSR count). The van der Waals surface area contributed by atoms with Crippen LogP contribution in [0.25, 0.3) is 88.7 Å². The van der Waals surface area contributed by atoms with Gasteiger partial charge >= 0.3 is 27.2 Å². The third kappa shape index (κ3) is 4.89. The van der Waals surface area contributed by atoms with Gasteiger partial charge in [-0.15, -0.1) is 34.8 Å². The number of nitrogens with zero attached hydrogens (tertiary/aromatic N) is 5. The molecule has 0 N–H and O–H groups in total. The van der Waals surface area contributed by atoms with Crippen LogP contribution in [0.5, 0.6) is 0 Å². The van der Waals surface area contributed by atoms with Crippen LogP contribution in [0.1, 0.15) is 5.56 Å². The molecule has 0 unspecified atom stereocenters. The summed E-state index contributed by atoms with van der Waals surface area (Å²) in [6.45, 7) is 0. The molecule has 0 atom stereocenters. The fourth-order valence-electron chi connectivity index (χ4n) is 7.32. The molecule has 4 heterocycles. The van der Waals surface area contributed by atoms with Gasteiger partial charge in [-0.1, -0.05) is 89.8 Å². The van der Waals surface area contributed by atoms with Crippen LogP contribution in [0.15, 0.2) is 146 Å². The van der Waals surface area contributed by atoms with Crippen molar-refractivity contribution >= 4 is 54.6 Å². The van der Waals surface area contributed by atoms with Gasteiger partial charge in [-0.3, -0.25) is 4.57 Å². The van der Waals surface area contributed by atoms with E-state index in [2.05, 4.69) is 52.0 Å². The summed E-state index contributed by atoms with van der Waals surface area (Å²) in [5, 5.41) is 3.27. The quantitative estimate of drug-likeness (QED) is 0.166. The first-order chi connectivity index (χ1) is 24.9. The number of imidazole rings is 1. The molecular weight excluding hydrogens is 839 g/mol. The summed E-state index contributed by atoms with van der Waals surface area (Å²) in [7, 11) is 0. The normalized spacial score (nSPS) is 12.0. The second-order valence-corrected chi connectivity index (χ2v) is 12.5. The van der Waals surface area contributed by atoms with E-state index in [1.165, 1.54) is 12.1 Å². The Hall–Kier alpha value is -5.98. The van der Waals surface area contributed by atoms with Gasteiger partial charge < -0.3 is 9.55 Å². The number of para-hydroxylation sites is 4. The van der Waals surface area contributed by atoms with Gasteiger partial charge in [-0.2, -0.15) is 13.2 Å². The molecule has 5 nitrogen and oxygen atoms in total. The Kier molecular flexibility index (Phi) is 7.42. The van der Waals surface area contributed by atoms with Gasteiger partial charge in [0.1, 0.15) is 11.6 Å². The fourth-order valence-corrected chi connectivity index (χ4v) is 7.32. The summed E-state index contributed by atoms with van der Waals surface area (Å²) >= 11 is 0. The molecule has 4 aromatic heterocycles. The minimum atomic E-state index is -4.48. The van der Waals surface area contributed by atoms with Crippen molar-refractivity contribution < 1.29 is 34.2 Å². The van der Waals surface area contributed by atoms with Gasteiger partial charge in [0.05, 0.1) is 16.6 Å². The molecule has 0 aliphatic heterocycles. The predicted molar refractivity (Wildman–Crippen MR) is 196 cm³/mol. The average Bonchev–Trinajstić information content (AvgIpc) is 3.84. The maximum atomic E-state index is 13.9. The van der Waals surface area contributed by atoms with Crippen LogP contribution >= 0.6 is 0 Å². The minimum absolute atomic E-state index is 0. The zero-order chi connectivity index (χ0) is 34.3. The third-order valence-corrected chi connectivity index (χ3v) is 9.57. The first kappa shape index (κ1) is 32.0. The molecule has 6 aromatic carbocycles. The number of fused-ring (bicyclic) bond motifs is 7. The van der Waals surface area contributed by atoms with Crippen molar-refractivity contribution in [2.45, 2.75) is 6.18 Å². The van der Waals surface area contributed by atoms with Crippen molar-refractivity contribution in [3.63, 3.8) is 0 Å². The van der Waals surface area contributed by atoms with Crippen LogP contribution in [0, 0.1) is 6.07 Å². The van der Waals surface area contributed by atoms with Crippen molar-refractivity contribution in [2.24, 2.45) is 0 Å². The molecule has 0 saturated carbocycles. The van der Waals surface area contributed by atoms with Gasteiger partial charge in [-0.25, -0.2) is 9.97 Å². The molecule has 0 spiro atoms. The molecule has 0 saturated heterocycles. The van der Waals surface area contributed by atoms with Crippen LogP contribution in [0.4, 0.5) is 13.2 Å². The van der Waals surface area contributed by atoms with Crippen molar-refractivity contribution in [3.8, 4) is 34.0 Å². The van der Waals surface area contributed by atoms with Gasteiger partial charge in [0, 0.05) is 23.0 Å². The first-order valence-electron chi connectivity index (χ1n) is 16.4. The Morgan fingerprint density at radius 3 is 2.21 bits per heavy atom. The number of halogens is 3. The zero-order valence-electron chi connectivity index (χ0n) is 27.0. The first-order valence-corrected chi connectivity index (χ1v) is 16.4. The van der Waals surface area contributed by atoms with E-state index in [4.69, 9.17) is 9.97 Å². The number of rotatable bonds is 4. The Labute approximate surface area is 309 Å². The van der Waals surface area contributed by atoms with Crippen LogP contribution in [-0.2, 0) is 27.2 Å². The second kappa shape index (κ2) is 12.1. The smallest absolute Gasteiger partial charge is 0.656 e. The summed E-state index contributed by atoms with van der Waals surface area (Å²) in [4.78, 5) is 15.0. The van der Waals surface area contributed by atoms with Gasteiger partial charge in [0.25, 0.3) is 0 Å². The van der Waals surface area contributed by atoms with Crippen LogP contribution in [0.3, 0.4) is 0 Å². The van der Waals surface area contributed by atoms with Crippen LogP contribution in [-0.4, -0.2) is 19.1 Å². The third-order valence-electron chi connectivity index (χ3n) is 9.57. The van der Waals surface area contributed by atoms with E-state index in [1.54, 1.807) is 6.20 Å². The zero-order valence-corrected chi connectivity index (χ0v) is 29.3. The fraction of sp³-hybridized carbons (Fsp3) is 0.0233. The molecule has 252 valence electrons. The summed E-state index contributed by atoms with van der Waals surface area (Å²) in [6.07, 6.45) is -2.80. The van der Waals surface area contributed by atoms with Gasteiger partial charge in [0.15, 0.2) is 0 Å². The monoisotopic (exact) mass is 862 g/mol. The molecule has 0 radical (unpaired) electrons. The Morgan fingerprint density at radius 1 is 0.615 bits per heavy atom. The Balaban J connectivity index is 0.00000360. The molecule has 0 aliphatic carbocycles. The molecule has 10 aromatic rings. The predicted octanol–water partition coefficient (Wildman–Crippen LogP) is 10.9. The molecule has 9 heteroatoms. The number of aromatic nitrogens is 5. The molecule has 0 fully saturated rings. The summed E-state index contributed by atoms with van der Waals surface area (Å²) in [5.41, 5.74) is 7.45. The van der Waals surface area contributed by atoms with E-state index in [9.17, 15) is 13.2 Å². The topological polar surface area (TPSA) is 49.7 Å². The number of alkyl halides is 3. The van der Waals surface area contributed by atoms with Crippen molar-refractivity contribution in [2.75, 3.05) is 0 Å². The standard InChI is InChI=1S/C43H24F3N5.Pt/c44-43(45,46)27-20-22-36-34(25-27)31-21-19-26(24-38(31)51(36)39-18-6-7-23-47-39)29-13-9-17-37-41(29)49-42(50(37)28-10-2-1-3-11-28)33-15-8-14-32-30-12-4-5-16-35(30)48-40(32)33;/h1-23,25H;/q-2;+2. The Bertz CT molecular complexity index is 2960. The number of hydrogen-bond acceptors (Lipinski definition) is 2. The van der Waals surface area contributed by atoms with E-state index in [-0.39, 0.29) is 21.1 Å². The molecular formula is C43H24F3N5Pt. The number of pyridine rings is 1. The van der Waals surface area contributed by atoms with E-state index in [1.807, 2.05) is 89.5 Å². The summed E-state index contributed by atoms with van der Waals surface area (Å²) < 4.78 is 45.6. The van der Waals surface area contributed by atoms with Crippen molar-refractivity contribution in [1.29, 1.82) is 0 Å². The molecule has 0 amide bonds. The van der Waals surface area contributed by atoms with E-state index in [0.29, 0.717) is 27.6 Å². The molecule has 0 bridgehead atoms.